The van der Waals surface area contributed by atoms with Crippen LogP contribution in [0.1, 0.15) is 6.42 Å². The van der Waals surface area contributed by atoms with Gasteiger partial charge in [-0.1, -0.05) is 29.3 Å². The lowest BCUT2D eigenvalue weighted by atomic mass is 10.2. The van der Waals surface area contributed by atoms with Gasteiger partial charge in [-0.3, -0.25) is 10.2 Å². The predicted octanol–water partition coefficient (Wildman–Crippen LogP) is 1.80. The molecule has 1 fully saturated rings. The van der Waals surface area contributed by atoms with E-state index in [1.54, 1.807) is 18.2 Å². The molecule has 0 aromatic heterocycles. The zero-order valence-electron chi connectivity index (χ0n) is 8.39. The van der Waals surface area contributed by atoms with Crippen molar-refractivity contribution in [1.82, 2.24) is 10.9 Å². The molecule has 1 saturated heterocycles. The minimum atomic E-state index is -0.243. The van der Waals surface area contributed by atoms with Gasteiger partial charge in [0.05, 0.1) is 15.7 Å². The zero-order valence-corrected chi connectivity index (χ0v) is 9.90. The normalized spacial score (nSPS) is 19.8. The number of carbonyl (C=O) groups is 1. The summed E-state index contributed by atoms with van der Waals surface area (Å²) in [4.78, 5) is 11.8. The molecule has 1 amide bonds. The second kappa shape index (κ2) is 5.01. The third-order valence-electron chi connectivity index (χ3n) is 2.36. The monoisotopic (exact) mass is 259 g/mol. The van der Waals surface area contributed by atoms with Gasteiger partial charge in [-0.25, -0.2) is 5.43 Å². The van der Waals surface area contributed by atoms with E-state index in [4.69, 9.17) is 23.2 Å². The molecule has 1 heterocycles. The Morgan fingerprint density at radius 1 is 1.38 bits per heavy atom. The van der Waals surface area contributed by atoms with Crippen molar-refractivity contribution in [3.63, 3.8) is 0 Å². The molecule has 86 valence electrons. The Morgan fingerprint density at radius 2 is 2.06 bits per heavy atom. The quantitative estimate of drug-likeness (QED) is 0.760. The summed E-state index contributed by atoms with van der Waals surface area (Å²) in [6.45, 7) is 0.772. The Balaban J connectivity index is 2.11. The summed E-state index contributed by atoms with van der Waals surface area (Å²) in [5.41, 5.74) is 6.22. The topological polar surface area (TPSA) is 53.2 Å². The van der Waals surface area contributed by atoms with Gasteiger partial charge in [0, 0.05) is 6.54 Å². The lowest BCUT2D eigenvalue weighted by Crippen LogP contribution is -2.39. The van der Waals surface area contributed by atoms with Crippen LogP contribution in [-0.2, 0) is 4.79 Å². The van der Waals surface area contributed by atoms with Crippen LogP contribution in [0.15, 0.2) is 18.2 Å². The van der Waals surface area contributed by atoms with Crippen molar-refractivity contribution in [2.24, 2.45) is 0 Å². The summed E-state index contributed by atoms with van der Waals surface area (Å²) in [6.07, 6.45) is 0.744. The smallest absolute Gasteiger partial charge is 0.242 e. The molecule has 16 heavy (non-hydrogen) atoms. The highest BCUT2D eigenvalue weighted by atomic mass is 35.5. The van der Waals surface area contributed by atoms with Crippen LogP contribution in [0, 0.1) is 0 Å². The number of nitrogens with one attached hydrogen (secondary N) is 3. The Hall–Kier alpha value is -0.810. The van der Waals surface area contributed by atoms with Crippen LogP contribution in [0.4, 0.5) is 5.69 Å². The van der Waals surface area contributed by atoms with Crippen LogP contribution in [0.25, 0.3) is 0 Å². The van der Waals surface area contributed by atoms with E-state index in [9.17, 15) is 4.79 Å². The Kier molecular flexibility index (Phi) is 3.66. The maximum Gasteiger partial charge on any atom is 0.242 e. The number of halogens is 2. The van der Waals surface area contributed by atoms with Crippen molar-refractivity contribution in [3.05, 3.63) is 28.2 Å². The second-order valence-electron chi connectivity index (χ2n) is 3.50. The molecule has 0 radical (unpaired) electrons. The first kappa shape index (κ1) is 11.7. The number of para-hydroxylation sites is 1. The first-order valence-corrected chi connectivity index (χ1v) is 5.67. The van der Waals surface area contributed by atoms with Crippen molar-refractivity contribution in [3.8, 4) is 0 Å². The zero-order chi connectivity index (χ0) is 11.5. The number of benzene rings is 1. The average Bonchev–Trinajstić information content (AvgIpc) is 2.76. The summed E-state index contributed by atoms with van der Waals surface area (Å²) in [7, 11) is 0. The standard InChI is InChI=1S/C10H11Cl2N3O/c11-6-2-1-3-7(12)9(6)14-10(16)8-4-5-13-15-8/h1-3,8,13,15H,4-5H2,(H,14,16). The highest BCUT2D eigenvalue weighted by Gasteiger charge is 2.23. The minimum Gasteiger partial charge on any atom is -0.322 e. The fourth-order valence-electron chi connectivity index (χ4n) is 1.51. The molecule has 3 N–H and O–H groups in total. The largest absolute Gasteiger partial charge is 0.322 e. The maximum atomic E-state index is 11.8. The SMILES string of the molecule is O=C(Nc1c(Cl)cccc1Cl)C1CCNN1. The Morgan fingerprint density at radius 3 is 2.62 bits per heavy atom. The van der Waals surface area contributed by atoms with Gasteiger partial charge >= 0.3 is 0 Å². The predicted molar refractivity (Wildman–Crippen MR) is 64.6 cm³/mol. The first-order chi connectivity index (χ1) is 7.68. The summed E-state index contributed by atoms with van der Waals surface area (Å²) in [5.74, 6) is -0.139. The molecule has 1 aliphatic rings. The molecule has 2 rings (SSSR count). The third kappa shape index (κ3) is 2.47. The van der Waals surface area contributed by atoms with E-state index < -0.39 is 0 Å². The highest BCUT2D eigenvalue weighted by molar-refractivity contribution is 6.39. The Bertz CT molecular complexity index is 385. The molecule has 6 heteroatoms. The van der Waals surface area contributed by atoms with Crippen molar-refractivity contribution in [2.45, 2.75) is 12.5 Å². The molecule has 1 unspecified atom stereocenters. The van der Waals surface area contributed by atoms with Crippen LogP contribution >= 0.6 is 23.2 Å². The Labute approximate surface area is 103 Å². The summed E-state index contributed by atoms with van der Waals surface area (Å²) in [6, 6.07) is 4.86. The number of anilines is 1. The van der Waals surface area contributed by atoms with Crippen molar-refractivity contribution in [1.29, 1.82) is 0 Å². The fourth-order valence-corrected chi connectivity index (χ4v) is 2.00. The third-order valence-corrected chi connectivity index (χ3v) is 2.99. The highest BCUT2D eigenvalue weighted by Crippen LogP contribution is 2.29. The van der Waals surface area contributed by atoms with Crippen molar-refractivity contribution < 1.29 is 4.79 Å². The van der Waals surface area contributed by atoms with E-state index >= 15 is 0 Å². The van der Waals surface area contributed by atoms with Crippen LogP contribution in [0.2, 0.25) is 10.0 Å². The number of carbonyl (C=O) groups excluding carboxylic acids is 1. The molecule has 0 bridgehead atoms. The van der Waals surface area contributed by atoms with E-state index in [-0.39, 0.29) is 11.9 Å². The lowest BCUT2D eigenvalue weighted by Gasteiger charge is -2.12. The van der Waals surface area contributed by atoms with Gasteiger partial charge in [-0.2, -0.15) is 0 Å². The number of rotatable bonds is 2. The summed E-state index contributed by atoms with van der Waals surface area (Å²) < 4.78 is 0. The fraction of sp³-hybridized carbons (Fsp3) is 0.300. The summed E-state index contributed by atoms with van der Waals surface area (Å²) in [5, 5.41) is 3.59. The molecule has 1 atom stereocenters. The van der Waals surface area contributed by atoms with Crippen LogP contribution in [0.3, 0.4) is 0 Å². The van der Waals surface area contributed by atoms with E-state index in [1.807, 2.05) is 0 Å². The first-order valence-electron chi connectivity index (χ1n) is 4.92. The molecule has 4 nitrogen and oxygen atoms in total. The van der Waals surface area contributed by atoms with Gasteiger partial charge < -0.3 is 5.32 Å². The van der Waals surface area contributed by atoms with Gasteiger partial charge in [0.15, 0.2) is 0 Å². The van der Waals surface area contributed by atoms with Gasteiger partial charge in [-0.15, -0.1) is 0 Å². The van der Waals surface area contributed by atoms with E-state index in [1.165, 1.54) is 0 Å². The molecular formula is C10H11Cl2N3O. The lowest BCUT2D eigenvalue weighted by molar-refractivity contribution is -0.117. The van der Waals surface area contributed by atoms with Crippen molar-refractivity contribution >= 4 is 34.8 Å². The number of hydrogen-bond donors (Lipinski definition) is 3. The van der Waals surface area contributed by atoms with Gasteiger partial charge in [-0.05, 0) is 18.6 Å². The molecule has 1 aliphatic heterocycles. The second-order valence-corrected chi connectivity index (χ2v) is 4.31. The molecule has 0 spiro atoms. The number of hydrogen-bond acceptors (Lipinski definition) is 3. The van der Waals surface area contributed by atoms with E-state index in [2.05, 4.69) is 16.2 Å². The molecule has 1 aromatic rings. The molecule has 0 aliphatic carbocycles. The maximum absolute atomic E-state index is 11.8. The number of amides is 1. The van der Waals surface area contributed by atoms with E-state index in [0.29, 0.717) is 15.7 Å². The minimum absolute atomic E-state index is 0.139. The van der Waals surface area contributed by atoms with E-state index in [0.717, 1.165) is 13.0 Å². The van der Waals surface area contributed by atoms with Crippen LogP contribution in [-0.4, -0.2) is 18.5 Å². The van der Waals surface area contributed by atoms with Gasteiger partial charge in [0.25, 0.3) is 0 Å². The van der Waals surface area contributed by atoms with Gasteiger partial charge in [0.1, 0.15) is 6.04 Å². The van der Waals surface area contributed by atoms with Gasteiger partial charge in [0.2, 0.25) is 5.91 Å². The number of hydrazine groups is 1. The average molecular weight is 260 g/mol. The van der Waals surface area contributed by atoms with Crippen molar-refractivity contribution in [2.75, 3.05) is 11.9 Å². The summed E-state index contributed by atoms with van der Waals surface area (Å²) >= 11 is 11.9. The molecular weight excluding hydrogens is 249 g/mol. The molecule has 1 aromatic carbocycles. The van der Waals surface area contributed by atoms with Crippen LogP contribution in [0.5, 0.6) is 0 Å². The van der Waals surface area contributed by atoms with Crippen LogP contribution < -0.4 is 16.2 Å². The molecule has 0 saturated carbocycles.